The zero-order valence-corrected chi connectivity index (χ0v) is 7.26. The summed E-state index contributed by atoms with van der Waals surface area (Å²) in [5.74, 6) is 0.204. The summed E-state index contributed by atoms with van der Waals surface area (Å²) in [5, 5.41) is 10.8. The first-order valence-electron chi connectivity index (χ1n) is 4.28. The van der Waals surface area contributed by atoms with Gasteiger partial charge in [0.25, 0.3) is 0 Å². The Labute approximate surface area is 75.4 Å². The summed E-state index contributed by atoms with van der Waals surface area (Å²) in [4.78, 5) is 22.0. The van der Waals surface area contributed by atoms with Crippen LogP contribution in [0.5, 0.6) is 0 Å². The molecule has 4 amide bonds. The molecule has 2 heterocycles. The Bertz CT molecular complexity index is 253. The third-order valence-electron chi connectivity index (χ3n) is 2.50. The summed E-state index contributed by atoms with van der Waals surface area (Å²) in [6, 6.07) is -0.376. The molecule has 0 spiro atoms. The quantitative estimate of drug-likeness (QED) is 0.387. The second-order valence-corrected chi connectivity index (χ2v) is 3.40. The van der Waals surface area contributed by atoms with E-state index in [1.807, 2.05) is 6.92 Å². The molecule has 2 aliphatic rings. The fraction of sp³-hybridized carbons (Fsp3) is 0.714. The number of rotatable bonds is 0. The smallest absolute Gasteiger partial charge is 0.316 e. The molecule has 2 fully saturated rings. The van der Waals surface area contributed by atoms with Crippen LogP contribution in [0.15, 0.2) is 0 Å². The van der Waals surface area contributed by atoms with Gasteiger partial charge in [0, 0.05) is 18.5 Å². The van der Waals surface area contributed by atoms with Gasteiger partial charge < -0.3 is 21.3 Å². The Morgan fingerprint density at radius 1 is 1.15 bits per heavy atom. The van der Waals surface area contributed by atoms with Crippen molar-refractivity contribution >= 4 is 12.1 Å². The number of hydrogen-bond acceptors (Lipinski definition) is 2. The topological polar surface area (TPSA) is 82.3 Å². The van der Waals surface area contributed by atoms with Crippen molar-refractivity contribution < 1.29 is 9.59 Å². The van der Waals surface area contributed by atoms with Crippen LogP contribution >= 0.6 is 0 Å². The van der Waals surface area contributed by atoms with Gasteiger partial charge in [0.05, 0.1) is 0 Å². The van der Waals surface area contributed by atoms with Gasteiger partial charge in [-0.05, 0) is 6.92 Å². The van der Waals surface area contributed by atoms with Gasteiger partial charge in [-0.2, -0.15) is 0 Å². The van der Waals surface area contributed by atoms with Gasteiger partial charge in [-0.3, -0.25) is 0 Å². The number of carbonyl (C=O) groups is 2. The molecule has 0 saturated carbocycles. The van der Waals surface area contributed by atoms with Crippen molar-refractivity contribution in [1.29, 1.82) is 0 Å². The van der Waals surface area contributed by atoms with Gasteiger partial charge in [-0.15, -0.1) is 0 Å². The van der Waals surface area contributed by atoms with E-state index in [9.17, 15) is 9.59 Å². The monoisotopic (exact) mass is 184 g/mol. The van der Waals surface area contributed by atoms with Crippen LogP contribution < -0.4 is 21.3 Å². The van der Waals surface area contributed by atoms with Gasteiger partial charge in [-0.25, -0.2) is 9.59 Å². The molecule has 4 N–H and O–H groups in total. The Kier molecular flexibility index (Phi) is 1.75. The van der Waals surface area contributed by atoms with Crippen molar-refractivity contribution in [2.75, 3.05) is 6.54 Å². The molecule has 2 saturated heterocycles. The van der Waals surface area contributed by atoms with E-state index < -0.39 is 0 Å². The van der Waals surface area contributed by atoms with Crippen LogP contribution in [0, 0.1) is 5.92 Å². The first-order chi connectivity index (χ1) is 6.16. The molecule has 0 aromatic carbocycles. The van der Waals surface area contributed by atoms with Crippen molar-refractivity contribution in [3.8, 4) is 0 Å². The second kappa shape index (κ2) is 2.79. The van der Waals surface area contributed by atoms with Gasteiger partial charge in [0.2, 0.25) is 0 Å². The van der Waals surface area contributed by atoms with Crippen LogP contribution in [-0.2, 0) is 0 Å². The molecule has 0 radical (unpaired) electrons. The lowest BCUT2D eigenvalue weighted by Gasteiger charge is -2.40. The molecular weight excluding hydrogens is 172 g/mol. The molecule has 6 nitrogen and oxygen atoms in total. The Morgan fingerprint density at radius 2 is 1.85 bits per heavy atom. The maximum Gasteiger partial charge on any atom is 0.316 e. The molecule has 6 heteroatoms. The number of hydrogen-bond donors (Lipinski definition) is 4. The van der Waals surface area contributed by atoms with Gasteiger partial charge in [-0.1, -0.05) is 0 Å². The summed E-state index contributed by atoms with van der Waals surface area (Å²) in [6.45, 7) is 2.51. The molecular formula is C7H12N4O2. The van der Waals surface area contributed by atoms with Crippen LogP contribution in [0.2, 0.25) is 0 Å². The molecule has 3 atom stereocenters. The highest BCUT2D eigenvalue weighted by atomic mass is 16.2. The third kappa shape index (κ3) is 1.39. The summed E-state index contributed by atoms with van der Waals surface area (Å²) in [5.41, 5.74) is 0. The van der Waals surface area contributed by atoms with Crippen molar-refractivity contribution in [2.45, 2.75) is 19.1 Å². The lowest BCUT2D eigenvalue weighted by atomic mass is 9.94. The maximum atomic E-state index is 11.0. The average molecular weight is 184 g/mol. The standard InChI is InChI=1S/C7H12N4O2/c1-3-4-2-8-6(12)10-5(4)11-7(13)9-3/h3-5H,2H2,1H3,(H2,8,10,12)(H2,9,11,13)/t3-,4-,5+/m0/s1. The Morgan fingerprint density at radius 3 is 2.62 bits per heavy atom. The van der Waals surface area contributed by atoms with Crippen molar-refractivity contribution in [3.63, 3.8) is 0 Å². The van der Waals surface area contributed by atoms with Gasteiger partial charge in [0.15, 0.2) is 0 Å². The van der Waals surface area contributed by atoms with Gasteiger partial charge in [0.1, 0.15) is 6.17 Å². The number of carbonyl (C=O) groups excluding carboxylic acids is 2. The lowest BCUT2D eigenvalue weighted by Crippen LogP contribution is -2.71. The fourth-order valence-corrected chi connectivity index (χ4v) is 1.73. The minimum absolute atomic E-state index is 0.0758. The minimum Gasteiger partial charge on any atom is -0.338 e. The normalized spacial score (nSPS) is 37.8. The summed E-state index contributed by atoms with van der Waals surface area (Å²) in [7, 11) is 0. The Hall–Kier alpha value is -1.46. The lowest BCUT2D eigenvalue weighted by molar-refractivity contribution is 0.161. The molecule has 0 unspecified atom stereocenters. The van der Waals surface area contributed by atoms with Crippen LogP contribution in [0.4, 0.5) is 9.59 Å². The van der Waals surface area contributed by atoms with Crippen LogP contribution in [0.1, 0.15) is 6.92 Å². The average Bonchev–Trinajstić information content (AvgIpc) is 2.02. The molecule has 0 aliphatic carbocycles. The number of urea groups is 2. The number of amides is 4. The second-order valence-electron chi connectivity index (χ2n) is 3.40. The largest absolute Gasteiger partial charge is 0.338 e. The van der Waals surface area contributed by atoms with E-state index in [4.69, 9.17) is 0 Å². The minimum atomic E-state index is -0.238. The van der Waals surface area contributed by atoms with Crippen molar-refractivity contribution in [3.05, 3.63) is 0 Å². The molecule has 0 aromatic rings. The van der Waals surface area contributed by atoms with Crippen LogP contribution in [0.25, 0.3) is 0 Å². The van der Waals surface area contributed by atoms with E-state index in [1.165, 1.54) is 0 Å². The zero-order chi connectivity index (χ0) is 9.42. The molecule has 72 valence electrons. The maximum absolute atomic E-state index is 11.0. The highest BCUT2D eigenvalue weighted by Crippen LogP contribution is 2.13. The highest BCUT2D eigenvalue weighted by molar-refractivity contribution is 5.79. The molecule has 2 aliphatic heterocycles. The van der Waals surface area contributed by atoms with E-state index in [0.717, 1.165) is 0 Å². The van der Waals surface area contributed by atoms with Crippen molar-refractivity contribution in [2.24, 2.45) is 5.92 Å². The van der Waals surface area contributed by atoms with E-state index in [-0.39, 0.29) is 30.2 Å². The fourth-order valence-electron chi connectivity index (χ4n) is 1.73. The first kappa shape index (κ1) is 8.15. The third-order valence-corrected chi connectivity index (χ3v) is 2.50. The van der Waals surface area contributed by atoms with E-state index in [1.54, 1.807) is 0 Å². The SMILES string of the molecule is C[C@@H]1NC(=O)N[C@H]2NC(=O)NC[C@H]21. The Balaban J connectivity index is 2.10. The van der Waals surface area contributed by atoms with E-state index in [0.29, 0.717) is 6.54 Å². The number of fused-ring (bicyclic) bond motifs is 1. The summed E-state index contributed by atoms with van der Waals surface area (Å²) < 4.78 is 0. The van der Waals surface area contributed by atoms with E-state index >= 15 is 0 Å². The van der Waals surface area contributed by atoms with Crippen molar-refractivity contribution in [1.82, 2.24) is 21.3 Å². The van der Waals surface area contributed by atoms with E-state index in [2.05, 4.69) is 21.3 Å². The number of nitrogens with one attached hydrogen (secondary N) is 4. The predicted octanol–water partition coefficient (Wildman–Crippen LogP) is -1.06. The van der Waals surface area contributed by atoms with Gasteiger partial charge >= 0.3 is 12.1 Å². The highest BCUT2D eigenvalue weighted by Gasteiger charge is 2.37. The molecule has 0 bridgehead atoms. The zero-order valence-electron chi connectivity index (χ0n) is 7.26. The molecule has 2 rings (SSSR count). The molecule has 13 heavy (non-hydrogen) atoms. The van der Waals surface area contributed by atoms with Crippen LogP contribution in [0.3, 0.4) is 0 Å². The predicted molar refractivity (Wildman–Crippen MR) is 44.9 cm³/mol. The van der Waals surface area contributed by atoms with Crippen LogP contribution in [-0.4, -0.2) is 30.8 Å². The summed E-state index contributed by atoms with van der Waals surface area (Å²) in [6.07, 6.45) is -0.238. The summed E-state index contributed by atoms with van der Waals surface area (Å²) >= 11 is 0. The first-order valence-corrected chi connectivity index (χ1v) is 4.28. The molecule has 0 aromatic heterocycles.